The van der Waals surface area contributed by atoms with E-state index in [1.807, 2.05) is 6.07 Å². The summed E-state index contributed by atoms with van der Waals surface area (Å²) in [6.45, 7) is 0. The van der Waals surface area contributed by atoms with E-state index in [1.165, 1.54) is 24.3 Å². The number of ether oxygens (including phenoxy) is 1. The Labute approximate surface area is 141 Å². The molecule has 0 bridgehead atoms. The first-order valence-electron chi connectivity index (χ1n) is 7.36. The van der Waals surface area contributed by atoms with Gasteiger partial charge in [-0.15, -0.1) is 0 Å². The molecule has 0 amide bonds. The summed E-state index contributed by atoms with van der Waals surface area (Å²) in [5, 5.41) is 10.7. The summed E-state index contributed by atoms with van der Waals surface area (Å²) >= 11 is 0. The van der Waals surface area contributed by atoms with E-state index < -0.39 is 0 Å². The molecule has 2 heterocycles. The van der Waals surface area contributed by atoms with Crippen molar-refractivity contribution in [2.45, 2.75) is 0 Å². The summed E-state index contributed by atoms with van der Waals surface area (Å²) in [5.41, 5.74) is 0.347. The average Bonchev–Trinajstić information content (AvgIpc) is 2.62. The lowest BCUT2D eigenvalue weighted by Crippen LogP contribution is -1.94. The number of hydrogen-bond donors (Lipinski definition) is 1. The molecule has 0 aliphatic carbocycles. The molecular weight excluding hydrogens is 324 g/mol. The minimum Gasteiger partial charge on any atom is -0.508 e. The summed E-state index contributed by atoms with van der Waals surface area (Å²) in [6, 6.07) is 15.9. The number of phenols is 1. The van der Waals surface area contributed by atoms with Crippen molar-refractivity contribution in [2.24, 2.45) is 0 Å². The van der Waals surface area contributed by atoms with Crippen molar-refractivity contribution in [1.82, 2.24) is 0 Å². The van der Waals surface area contributed by atoms with Gasteiger partial charge in [-0.3, -0.25) is 0 Å². The van der Waals surface area contributed by atoms with Crippen molar-refractivity contribution in [3.63, 3.8) is 0 Å². The van der Waals surface area contributed by atoms with Gasteiger partial charge in [0.2, 0.25) is 0 Å². The summed E-state index contributed by atoms with van der Waals surface area (Å²) < 4.78 is 14.8. The monoisotopic (exact) mass is 338 g/mol. The molecule has 126 valence electrons. The van der Waals surface area contributed by atoms with Crippen molar-refractivity contribution < 1.29 is 18.7 Å². The summed E-state index contributed by atoms with van der Waals surface area (Å²) in [5.74, 6) is 0.915. The SMILES string of the molecule is COc1ccc2oc(=O)ccc2c1.O=c1ccc2cc(O)ccc2o1. The van der Waals surface area contributed by atoms with Gasteiger partial charge in [-0.05, 0) is 48.5 Å². The largest absolute Gasteiger partial charge is 0.508 e. The van der Waals surface area contributed by atoms with Crippen LogP contribution in [0.5, 0.6) is 11.5 Å². The van der Waals surface area contributed by atoms with Crippen LogP contribution in [0.2, 0.25) is 0 Å². The van der Waals surface area contributed by atoms with E-state index in [1.54, 1.807) is 37.4 Å². The van der Waals surface area contributed by atoms with Gasteiger partial charge in [0.25, 0.3) is 0 Å². The number of phenolic OH excluding ortho intramolecular Hbond substituents is 1. The lowest BCUT2D eigenvalue weighted by Gasteiger charge is -1.99. The lowest BCUT2D eigenvalue weighted by atomic mass is 10.2. The first kappa shape index (κ1) is 16.3. The zero-order valence-corrected chi connectivity index (χ0v) is 13.3. The summed E-state index contributed by atoms with van der Waals surface area (Å²) in [7, 11) is 1.60. The van der Waals surface area contributed by atoms with Crippen LogP contribution in [0, 0.1) is 0 Å². The van der Waals surface area contributed by atoms with Crippen LogP contribution in [0.1, 0.15) is 0 Å². The summed E-state index contributed by atoms with van der Waals surface area (Å²) in [4.78, 5) is 21.6. The number of aromatic hydroxyl groups is 1. The van der Waals surface area contributed by atoms with Crippen LogP contribution >= 0.6 is 0 Å². The van der Waals surface area contributed by atoms with Gasteiger partial charge in [0.05, 0.1) is 7.11 Å². The maximum atomic E-state index is 10.8. The van der Waals surface area contributed by atoms with E-state index in [0.29, 0.717) is 11.2 Å². The zero-order valence-electron chi connectivity index (χ0n) is 13.3. The number of methoxy groups -OCH3 is 1. The maximum absolute atomic E-state index is 10.8. The molecule has 4 rings (SSSR count). The molecule has 0 atom stereocenters. The minimum absolute atomic E-state index is 0.163. The third-order valence-corrected chi connectivity index (χ3v) is 3.43. The van der Waals surface area contributed by atoms with Crippen LogP contribution in [-0.4, -0.2) is 12.2 Å². The van der Waals surface area contributed by atoms with Crippen molar-refractivity contribution in [3.8, 4) is 11.5 Å². The van der Waals surface area contributed by atoms with E-state index in [0.717, 1.165) is 16.5 Å². The third kappa shape index (κ3) is 3.87. The van der Waals surface area contributed by atoms with Crippen LogP contribution in [0.4, 0.5) is 0 Å². The van der Waals surface area contributed by atoms with E-state index in [4.69, 9.17) is 18.7 Å². The number of benzene rings is 2. The van der Waals surface area contributed by atoms with Crippen molar-refractivity contribution in [2.75, 3.05) is 7.11 Å². The van der Waals surface area contributed by atoms with Gasteiger partial charge < -0.3 is 18.7 Å². The molecule has 1 N–H and O–H groups in total. The molecule has 6 nitrogen and oxygen atoms in total. The standard InChI is InChI=1S/C10H8O3.C9H6O3/c1-12-8-3-4-9-7(6-8)2-5-10(11)13-9;10-7-2-3-8-6(5-7)1-4-9(11)12-8/h2-6H,1H3;1-5,10H. The second-order valence-electron chi connectivity index (χ2n) is 5.13. The highest BCUT2D eigenvalue weighted by Gasteiger charge is 1.98. The molecule has 6 heteroatoms. The highest BCUT2D eigenvalue weighted by Crippen LogP contribution is 2.19. The summed E-state index contributed by atoms with van der Waals surface area (Å²) in [6.07, 6.45) is 0. The number of fused-ring (bicyclic) bond motifs is 2. The van der Waals surface area contributed by atoms with Crippen molar-refractivity contribution in [1.29, 1.82) is 0 Å². The van der Waals surface area contributed by atoms with Crippen molar-refractivity contribution in [3.05, 3.63) is 81.5 Å². The molecule has 0 fully saturated rings. The third-order valence-electron chi connectivity index (χ3n) is 3.43. The van der Waals surface area contributed by atoms with Crippen LogP contribution < -0.4 is 16.0 Å². The van der Waals surface area contributed by atoms with Crippen LogP contribution in [0.25, 0.3) is 21.9 Å². The van der Waals surface area contributed by atoms with E-state index in [-0.39, 0.29) is 17.0 Å². The highest BCUT2D eigenvalue weighted by atomic mass is 16.5. The van der Waals surface area contributed by atoms with E-state index >= 15 is 0 Å². The van der Waals surface area contributed by atoms with Gasteiger partial charge in [0.15, 0.2) is 0 Å². The molecule has 2 aromatic carbocycles. The molecular formula is C19H14O6. The topological polar surface area (TPSA) is 89.9 Å². The minimum atomic E-state index is -0.381. The van der Waals surface area contributed by atoms with Crippen LogP contribution in [-0.2, 0) is 0 Å². The average molecular weight is 338 g/mol. The van der Waals surface area contributed by atoms with Gasteiger partial charge in [-0.25, -0.2) is 9.59 Å². The first-order valence-corrected chi connectivity index (χ1v) is 7.36. The van der Waals surface area contributed by atoms with Gasteiger partial charge in [-0.2, -0.15) is 0 Å². The van der Waals surface area contributed by atoms with E-state index in [9.17, 15) is 9.59 Å². The Morgan fingerprint density at radius 2 is 1.32 bits per heavy atom. The van der Waals surface area contributed by atoms with Gasteiger partial charge in [0.1, 0.15) is 22.7 Å². The second kappa shape index (κ2) is 6.92. The van der Waals surface area contributed by atoms with Gasteiger partial charge in [-0.1, -0.05) is 0 Å². The van der Waals surface area contributed by atoms with Crippen LogP contribution in [0.15, 0.2) is 79.1 Å². The van der Waals surface area contributed by atoms with Gasteiger partial charge in [0, 0.05) is 22.9 Å². The highest BCUT2D eigenvalue weighted by molar-refractivity contribution is 5.78. The molecule has 0 aliphatic rings. The Kier molecular flexibility index (Phi) is 4.52. The Balaban J connectivity index is 0.000000146. The Bertz CT molecular complexity index is 1140. The molecule has 25 heavy (non-hydrogen) atoms. The Morgan fingerprint density at radius 1 is 0.760 bits per heavy atom. The molecule has 0 saturated heterocycles. The lowest BCUT2D eigenvalue weighted by molar-refractivity contribution is 0.415. The normalized spacial score (nSPS) is 10.3. The fourth-order valence-corrected chi connectivity index (χ4v) is 2.24. The fourth-order valence-electron chi connectivity index (χ4n) is 2.24. The number of hydrogen-bond acceptors (Lipinski definition) is 6. The maximum Gasteiger partial charge on any atom is 0.336 e. The molecule has 4 aromatic rings. The predicted molar refractivity (Wildman–Crippen MR) is 93.2 cm³/mol. The Hall–Kier alpha value is -3.54. The molecule has 0 spiro atoms. The number of rotatable bonds is 1. The van der Waals surface area contributed by atoms with Gasteiger partial charge >= 0.3 is 11.3 Å². The second-order valence-corrected chi connectivity index (χ2v) is 5.13. The quantitative estimate of drug-likeness (QED) is 0.536. The van der Waals surface area contributed by atoms with Crippen molar-refractivity contribution >= 4 is 21.9 Å². The predicted octanol–water partition coefficient (Wildman–Crippen LogP) is 3.30. The molecule has 0 unspecified atom stereocenters. The molecule has 0 saturated carbocycles. The van der Waals surface area contributed by atoms with E-state index in [2.05, 4.69) is 0 Å². The van der Waals surface area contributed by atoms with Crippen LogP contribution in [0.3, 0.4) is 0 Å². The zero-order chi connectivity index (χ0) is 17.8. The Morgan fingerprint density at radius 3 is 1.92 bits per heavy atom. The molecule has 2 aromatic heterocycles. The molecule has 0 radical (unpaired) electrons. The smallest absolute Gasteiger partial charge is 0.336 e. The fraction of sp³-hybridized carbons (Fsp3) is 0.0526. The molecule has 0 aliphatic heterocycles. The first-order chi connectivity index (χ1) is 12.0.